The Hall–Kier alpha value is -1.73. The molecule has 0 atom stereocenters. The van der Waals surface area contributed by atoms with E-state index >= 15 is 0 Å². The van der Waals surface area contributed by atoms with E-state index in [1.54, 1.807) is 14.2 Å². The van der Waals surface area contributed by atoms with Crippen LogP contribution in [0.15, 0.2) is 48.5 Å². The molecule has 0 saturated heterocycles. The molecule has 2 aromatic rings. The number of ether oxygens (including phenoxy) is 2. The van der Waals surface area contributed by atoms with Gasteiger partial charge in [-0.15, -0.1) is 0 Å². The molecule has 3 nitrogen and oxygen atoms in total. The maximum atomic E-state index is 13.5. The second-order valence-corrected chi connectivity index (χ2v) is 7.82. The monoisotopic (exact) mass is 304 g/mol. The van der Waals surface area contributed by atoms with E-state index in [1.165, 1.54) is 0 Å². The van der Waals surface area contributed by atoms with Gasteiger partial charge in [-0.2, -0.15) is 0 Å². The van der Waals surface area contributed by atoms with Crippen LogP contribution in [0.5, 0.6) is 11.5 Å². The van der Waals surface area contributed by atoms with Crippen molar-refractivity contribution < 1.29 is 14.0 Å². The smallest absolute Gasteiger partial charge is 0.143 e. The van der Waals surface area contributed by atoms with Crippen molar-refractivity contribution in [2.24, 2.45) is 0 Å². The number of rotatable bonds is 6. The van der Waals surface area contributed by atoms with Gasteiger partial charge in [0.15, 0.2) is 0 Å². The summed E-state index contributed by atoms with van der Waals surface area (Å²) in [5.74, 6) is 1.55. The van der Waals surface area contributed by atoms with Crippen molar-refractivity contribution in [2.75, 3.05) is 20.4 Å². The van der Waals surface area contributed by atoms with Gasteiger partial charge in [0.2, 0.25) is 0 Å². The molecule has 0 N–H and O–H groups in total. The van der Waals surface area contributed by atoms with Crippen molar-refractivity contribution in [3.05, 3.63) is 48.5 Å². The maximum absolute atomic E-state index is 13.5. The third-order valence-electron chi connectivity index (χ3n) is 3.52. The topological polar surface area (TPSA) is 35.5 Å². The molecule has 0 radical (unpaired) electrons. The fraction of sp³-hybridized carbons (Fsp3) is 0.294. The van der Waals surface area contributed by atoms with Crippen LogP contribution < -0.4 is 20.1 Å². The fourth-order valence-electron chi connectivity index (χ4n) is 2.37. The zero-order valence-corrected chi connectivity index (χ0v) is 13.6. The largest absolute Gasteiger partial charge is 0.497 e. The molecule has 21 heavy (non-hydrogen) atoms. The standard InChI is InChI=1S/C17H21O3P/c1-4-13-21(18,16-9-5-14(19-2)6-10-16)17-11-7-15(20-3)8-12-17/h5-12H,4,13H2,1-3H3. The molecule has 2 rings (SSSR count). The number of benzene rings is 2. The van der Waals surface area contributed by atoms with Gasteiger partial charge in [0.05, 0.1) is 14.2 Å². The van der Waals surface area contributed by atoms with E-state index in [0.717, 1.165) is 28.5 Å². The lowest BCUT2D eigenvalue weighted by Gasteiger charge is -2.19. The zero-order valence-electron chi connectivity index (χ0n) is 12.7. The van der Waals surface area contributed by atoms with Gasteiger partial charge in [0.1, 0.15) is 18.6 Å². The van der Waals surface area contributed by atoms with E-state index in [2.05, 4.69) is 6.92 Å². The van der Waals surface area contributed by atoms with Crippen LogP contribution in [0.1, 0.15) is 13.3 Å². The molecule has 0 amide bonds. The summed E-state index contributed by atoms with van der Waals surface area (Å²) in [6.07, 6.45) is 1.53. The Bertz CT molecular complexity index is 566. The Balaban J connectivity index is 2.44. The SMILES string of the molecule is CCCP(=O)(c1ccc(OC)cc1)c1ccc(OC)cc1. The predicted octanol–water partition coefficient (Wildman–Crippen LogP) is 3.43. The molecule has 0 unspecified atom stereocenters. The minimum Gasteiger partial charge on any atom is -0.497 e. The van der Waals surface area contributed by atoms with Crippen molar-refractivity contribution in [2.45, 2.75) is 13.3 Å². The summed E-state index contributed by atoms with van der Waals surface area (Å²) >= 11 is 0. The van der Waals surface area contributed by atoms with Crippen LogP contribution in [0.4, 0.5) is 0 Å². The predicted molar refractivity (Wildman–Crippen MR) is 88.0 cm³/mol. The highest BCUT2D eigenvalue weighted by Crippen LogP contribution is 2.44. The highest BCUT2D eigenvalue weighted by atomic mass is 31.2. The van der Waals surface area contributed by atoms with Crippen molar-refractivity contribution in [1.29, 1.82) is 0 Å². The Labute approximate surface area is 126 Å². The van der Waals surface area contributed by atoms with Gasteiger partial charge in [-0.3, -0.25) is 0 Å². The molecule has 0 spiro atoms. The first-order valence-electron chi connectivity index (χ1n) is 7.02. The Kier molecular flexibility index (Phi) is 5.08. The van der Waals surface area contributed by atoms with E-state index in [-0.39, 0.29) is 0 Å². The summed E-state index contributed by atoms with van der Waals surface area (Å²) in [7, 11) is 0.662. The first-order chi connectivity index (χ1) is 10.1. The Morgan fingerprint density at radius 2 is 1.19 bits per heavy atom. The van der Waals surface area contributed by atoms with Crippen molar-refractivity contribution in [3.63, 3.8) is 0 Å². The summed E-state index contributed by atoms with van der Waals surface area (Å²) in [5.41, 5.74) is 0. The van der Waals surface area contributed by atoms with E-state index < -0.39 is 7.14 Å². The van der Waals surface area contributed by atoms with Gasteiger partial charge in [-0.05, 0) is 55.0 Å². The molecule has 0 fully saturated rings. The van der Waals surface area contributed by atoms with Gasteiger partial charge in [0, 0.05) is 16.8 Å². The second kappa shape index (κ2) is 6.82. The van der Waals surface area contributed by atoms with Gasteiger partial charge in [0.25, 0.3) is 0 Å². The summed E-state index contributed by atoms with van der Waals surface area (Å²) in [5, 5.41) is 1.74. The summed E-state index contributed by atoms with van der Waals surface area (Å²) in [6, 6.07) is 15.1. The molecule has 4 heteroatoms. The normalized spacial score (nSPS) is 11.2. The van der Waals surface area contributed by atoms with Crippen LogP contribution in [0.25, 0.3) is 0 Å². The minimum absolute atomic E-state index is 0.658. The van der Waals surface area contributed by atoms with Crippen molar-refractivity contribution >= 4 is 17.8 Å². The molecule has 0 saturated carbocycles. The highest BCUT2D eigenvalue weighted by Gasteiger charge is 2.26. The first-order valence-corrected chi connectivity index (χ1v) is 8.91. The lowest BCUT2D eigenvalue weighted by atomic mass is 10.3. The van der Waals surface area contributed by atoms with Crippen LogP contribution in [-0.2, 0) is 4.57 Å². The molecular formula is C17H21O3P. The summed E-state index contributed by atoms with van der Waals surface area (Å²) in [6.45, 7) is 2.06. The minimum atomic E-state index is -2.60. The van der Waals surface area contributed by atoms with E-state index in [4.69, 9.17) is 9.47 Å². The summed E-state index contributed by atoms with van der Waals surface area (Å²) in [4.78, 5) is 0. The van der Waals surface area contributed by atoms with E-state index in [0.29, 0.717) is 6.16 Å². The fourth-order valence-corrected chi connectivity index (χ4v) is 5.07. The lowest BCUT2D eigenvalue weighted by Crippen LogP contribution is -2.18. The second-order valence-electron chi connectivity index (χ2n) is 4.86. The average molecular weight is 304 g/mol. The van der Waals surface area contributed by atoms with Crippen LogP contribution in [-0.4, -0.2) is 20.4 Å². The molecule has 112 valence electrons. The van der Waals surface area contributed by atoms with Gasteiger partial charge in [-0.25, -0.2) is 0 Å². The highest BCUT2D eigenvalue weighted by molar-refractivity contribution is 7.78. The Morgan fingerprint density at radius 3 is 1.48 bits per heavy atom. The quantitative estimate of drug-likeness (QED) is 0.767. The van der Waals surface area contributed by atoms with E-state index in [1.807, 2.05) is 48.5 Å². The maximum Gasteiger partial charge on any atom is 0.143 e. The summed E-state index contributed by atoms with van der Waals surface area (Å²) < 4.78 is 23.9. The van der Waals surface area contributed by atoms with Crippen LogP contribution in [0, 0.1) is 0 Å². The number of methoxy groups -OCH3 is 2. The molecule has 0 bridgehead atoms. The molecule has 0 aliphatic rings. The lowest BCUT2D eigenvalue weighted by molar-refractivity contribution is 0.415. The molecule has 2 aromatic carbocycles. The third kappa shape index (κ3) is 3.30. The molecule has 0 aliphatic carbocycles. The van der Waals surface area contributed by atoms with E-state index in [9.17, 15) is 4.57 Å². The number of hydrogen-bond donors (Lipinski definition) is 0. The number of hydrogen-bond acceptors (Lipinski definition) is 3. The average Bonchev–Trinajstić information content (AvgIpc) is 2.55. The molecule has 0 aromatic heterocycles. The molecule has 0 heterocycles. The van der Waals surface area contributed by atoms with Gasteiger partial charge < -0.3 is 14.0 Å². The molecular weight excluding hydrogens is 283 g/mol. The Morgan fingerprint density at radius 1 is 0.810 bits per heavy atom. The zero-order chi connectivity index (χ0) is 15.3. The van der Waals surface area contributed by atoms with Crippen LogP contribution in [0.2, 0.25) is 0 Å². The van der Waals surface area contributed by atoms with Gasteiger partial charge in [-0.1, -0.05) is 6.92 Å². The van der Waals surface area contributed by atoms with Gasteiger partial charge >= 0.3 is 0 Å². The van der Waals surface area contributed by atoms with Crippen molar-refractivity contribution in [1.82, 2.24) is 0 Å². The molecule has 0 aliphatic heterocycles. The van der Waals surface area contributed by atoms with Crippen molar-refractivity contribution in [3.8, 4) is 11.5 Å². The van der Waals surface area contributed by atoms with Crippen LogP contribution >= 0.6 is 7.14 Å². The van der Waals surface area contributed by atoms with Crippen LogP contribution in [0.3, 0.4) is 0 Å². The first kappa shape index (κ1) is 15.7. The third-order valence-corrected chi connectivity index (χ3v) is 6.86.